The minimum Gasteiger partial charge on any atom is -0.497 e. The minimum absolute atomic E-state index is 0.153. The van der Waals surface area contributed by atoms with Gasteiger partial charge in [0, 0.05) is 0 Å². The van der Waals surface area contributed by atoms with E-state index in [-0.39, 0.29) is 18.2 Å². The number of esters is 1. The van der Waals surface area contributed by atoms with Crippen molar-refractivity contribution in [3.63, 3.8) is 0 Å². The first kappa shape index (κ1) is 21.8. The van der Waals surface area contributed by atoms with Crippen LogP contribution in [0.15, 0.2) is 47.3 Å². The third-order valence-corrected chi connectivity index (χ3v) is 6.43. The van der Waals surface area contributed by atoms with Crippen LogP contribution in [0.4, 0.5) is 0 Å². The average molecular weight is 452 g/mol. The molecule has 0 saturated heterocycles. The van der Waals surface area contributed by atoms with Crippen LogP contribution in [-0.2, 0) is 11.5 Å². The molecule has 0 amide bonds. The van der Waals surface area contributed by atoms with E-state index < -0.39 is 5.97 Å². The molecule has 0 atom stereocenters. The molecule has 0 aliphatic carbocycles. The number of carbonyl (C=O) groups excluding carboxylic acids is 1. The molecule has 4 rings (SSSR count). The van der Waals surface area contributed by atoms with Crippen LogP contribution in [0.2, 0.25) is 0 Å². The first-order chi connectivity index (χ1) is 15.3. The maximum atomic E-state index is 13.1. The van der Waals surface area contributed by atoms with Gasteiger partial charge in [-0.3, -0.25) is 4.79 Å². The van der Waals surface area contributed by atoms with Crippen molar-refractivity contribution in [2.24, 2.45) is 0 Å². The fourth-order valence-electron chi connectivity index (χ4n) is 3.80. The quantitative estimate of drug-likeness (QED) is 0.393. The fraction of sp³-hybridized carbons (Fsp3) is 0.292. The second kappa shape index (κ2) is 8.63. The molecule has 2 aromatic heterocycles. The van der Waals surface area contributed by atoms with Gasteiger partial charge in [0.05, 0.1) is 34.3 Å². The van der Waals surface area contributed by atoms with Gasteiger partial charge >= 0.3 is 5.97 Å². The maximum absolute atomic E-state index is 13.1. The molecular weight excluding hydrogens is 426 g/mol. The van der Waals surface area contributed by atoms with Crippen molar-refractivity contribution in [3.8, 4) is 11.4 Å². The Morgan fingerprint density at radius 1 is 1.16 bits per heavy atom. The lowest BCUT2D eigenvalue weighted by Gasteiger charge is -2.08. The Hall–Kier alpha value is -3.39. The predicted octanol–water partition coefficient (Wildman–Crippen LogP) is 4.81. The zero-order valence-electron chi connectivity index (χ0n) is 18.7. The predicted molar refractivity (Wildman–Crippen MR) is 125 cm³/mol. The Balaban J connectivity index is 1.63. The third-order valence-electron chi connectivity index (χ3n) is 5.42. The number of ether oxygens (including phenoxy) is 2. The Labute approximate surface area is 190 Å². The molecule has 0 radical (unpaired) electrons. The molecule has 0 N–H and O–H groups in total. The molecule has 0 aliphatic heterocycles. The molecule has 0 spiro atoms. The largest absolute Gasteiger partial charge is 0.497 e. The SMILES string of the molecule is COc1cc(C(C)C)c2c(=O)n(COC(=O)c3c(C)nn(-c4ccccc4)c3C)sc2c1. The van der Waals surface area contributed by atoms with Gasteiger partial charge in [-0.15, -0.1) is 0 Å². The van der Waals surface area contributed by atoms with Crippen molar-refractivity contribution in [2.45, 2.75) is 40.3 Å². The lowest BCUT2D eigenvalue weighted by atomic mass is 9.99. The normalized spacial score (nSPS) is 11.3. The molecule has 166 valence electrons. The molecular formula is C24H25N3O4S. The Morgan fingerprint density at radius 3 is 2.53 bits per heavy atom. The number of hydrogen-bond donors (Lipinski definition) is 0. The average Bonchev–Trinajstić information content (AvgIpc) is 3.27. The van der Waals surface area contributed by atoms with Gasteiger partial charge in [0.15, 0.2) is 6.73 Å². The van der Waals surface area contributed by atoms with Crippen LogP contribution in [0.3, 0.4) is 0 Å². The summed E-state index contributed by atoms with van der Waals surface area (Å²) in [5.41, 5.74) is 3.29. The molecule has 7 nitrogen and oxygen atoms in total. The summed E-state index contributed by atoms with van der Waals surface area (Å²) in [6, 6.07) is 13.3. The molecule has 0 bridgehead atoms. The molecule has 2 heterocycles. The molecule has 0 aliphatic rings. The van der Waals surface area contributed by atoms with Crippen LogP contribution in [-0.4, -0.2) is 26.8 Å². The van der Waals surface area contributed by atoms with Gasteiger partial charge in [-0.2, -0.15) is 5.10 Å². The Morgan fingerprint density at radius 2 is 1.88 bits per heavy atom. The number of aromatic nitrogens is 3. The van der Waals surface area contributed by atoms with Crippen molar-refractivity contribution >= 4 is 27.6 Å². The van der Waals surface area contributed by atoms with Gasteiger partial charge in [-0.05, 0) is 49.6 Å². The Bertz CT molecular complexity index is 1350. The van der Waals surface area contributed by atoms with Gasteiger partial charge in [-0.25, -0.2) is 13.4 Å². The highest BCUT2D eigenvalue weighted by atomic mass is 32.1. The molecule has 32 heavy (non-hydrogen) atoms. The highest BCUT2D eigenvalue weighted by Crippen LogP contribution is 2.31. The number of para-hydroxylation sites is 1. The standard InChI is InChI=1S/C24H25N3O4S/c1-14(2)19-11-18(30-5)12-20-22(19)23(28)26(32-20)13-31-24(29)21-15(3)25-27(16(21)4)17-9-7-6-8-10-17/h6-12,14H,13H2,1-5H3. The van der Waals surface area contributed by atoms with Crippen molar-refractivity contribution in [2.75, 3.05) is 7.11 Å². The van der Waals surface area contributed by atoms with Crippen LogP contribution in [0.25, 0.3) is 15.8 Å². The van der Waals surface area contributed by atoms with Gasteiger partial charge in [0.2, 0.25) is 0 Å². The summed E-state index contributed by atoms with van der Waals surface area (Å²) in [5, 5.41) is 5.14. The number of fused-ring (bicyclic) bond motifs is 1. The Kier molecular flexibility index (Phi) is 5.88. The monoisotopic (exact) mass is 451 g/mol. The first-order valence-corrected chi connectivity index (χ1v) is 11.1. The molecule has 8 heteroatoms. The van der Waals surface area contributed by atoms with E-state index in [4.69, 9.17) is 9.47 Å². The van der Waals surface area contributed by atoms with Gasteiger partial charge in [-0.1, -0.05) is 43.6 Å². The highest BCUT2D eigenvalue weighted by Gasteiger charge is 2.22. The summed E-state index contributed by atoms with van der Waals surface area (Å²) in [7, 11) is 1.60. The molecule has 0 unspecified atom stereocenters. The second-order valence-electron chi connectivity index (χ2n) is 7.87. The summed E-state index contributed by atoms with van der Waals surface area (Å²) in [6.07, 6.45) is 0. The third kappa shape index (κ3) is 3.82. The first-order valence-electron chi connectivity index (χ1n) is 10.3. The molecule has 0 fully saturated rings. The fourth-order valence-corrected chi connectivity index (χ4v) is 4.79. The van der Waals surface area contributed by atoms with E-state index in [2.05, 4.69) is 5.10 Å². The lowest BCUT2D eigenvalue weighted by molar-refractivity contribution is 0.0384. The summed E-state index contributed by atoms with van der Waals surface area (Å²) < 4.78 is 14.9. The van der Waals surface area contributed by atoms with Crippen LogP contribution < -0.4 is 10.3 Å². The number of hydrogen-bond acceptors (Lipinski definition) is 6. The number of methoxy groups -OCH3 is 1. The zero-order chi connectivity index (χ0) is 23.0. The molecule has 0 saturated carbocycles. The summed E-state index contributed by atoms with van der Waals surface area (Å²) >= 11 is 1.26. The summed E-state index contributed by atoms with van der Waals surface area (Å²) in [6.45, 7) is 7.51. The number of rotatable bonds is 6. The minimum atomic E-state index is -0.506. The van der Waals surface area contributed by atoms with E-state index in [9.17, 15) is 9.59 Å². The number of nitrogens with zero attached hydrogens (tertiary/aromatic N) is 3. The van der Waals surface area contributed by atoms with Gasteiger partial charge in [0.1, 0.15) is 11.3 Å². The topological polar surface area (TPSA) is 75.3 Å². The van der Waals surface area contributed by atoms with Crippen molar-refractivity contribution in [3.05, 3.63) is 75.3 Å². The van der Waals surface area contributed by atoms with Crippen molar-refractivity contribution < 1.29 is 14.3 Å². The number of carbonyl (C=O) groups is 1. The molecule has 2 aromatic carbocycles. The second-order valence-corrected chi connectivity index (χ2v) is 8.94. The summed E-state index contributed by atoms with van der Waals surface area (Å²) in [4.78, 5) is 26.0. The van der Waals surface area contributed by atoms with Crippen molar-refractivity contribution in [1.82, 2.24) is 13.7 Å². The lowest BCUT2D eigenvalue weighted by Crippen LogP contribution is -2.19. The number of aryl methyl sites for hydroxylation is 1. The van der Waals surface area contributed by atoms with Gasteiger partial charge in [0.25, 0.3) is 5.56 Å². The van der Waals surface area contributed by atoms with E-state index in [0.717, 1.165) is 16.0 Å². The van der Waals surface area contributed by atoms with E-state index in [1.807, 2.05) is 63.2 Å². The van der Waals surface area contributed by atoms with E-state index in [1.54, 1.807) is 18.7 Å². The van der Waals surface area contributed by atoms with Crippen LogP contribution in [0.5, 0.6) is 5.75 Å². The van der Waals surface area contributed by atoms with Crippen molar-refractivity contribution in [1.29, 1.82) is 0 Å². The van der Waals surface area contributed by atoms with Crippen LogP contribution in [0.1, 0.15) is 47.1 Å². The number of benzene rings is 2. The van der Waals surface area contributed by atoms with Crippen LogP contribution in [0, 0.1) is 13.8 Å². The highest BCUT2D eigenvalue weighted by molar-refractivity contribution is 7.13. The summed E-state index contributed by atoms with van der Waals surface area (Å²) in [5.74, 6) is 0.347. The smallest absolute Gasteiger partial charge is 0.343 e. The molecule has 4 aromatic rings. The maximum Gasteiger partial charge on any atom is 0.343 e. The zero-order valence-corrected chi connectivity index (χ0v) is 19.5. The van der Waals surface area contributed by atoms with Crippen LogP contribution >= 0.6 is 11.5 Å². The van der Waals surface area contributed by atoms with E-state index >= 15 is 0 Å². The van der Waals surface area contributed by atoms with E-state index in [1.165, 1.54) is 15.5 Å². The van der Waals surface area contributed by atoms with Gasteiger partial charge < -0.3 is 9.47 Å². The van der Waals surface area contributed by atoms with E-state index in [0.29, 0.717) is 28.1 Å².